The lowest BCUT2D eigenvalue weighted by molar-refractivity contribution is -0.923. The van der Waals surface area contributed by atoms with E-state index in [0.717, 1.165) is 17.4 Å². The molecule has 0 aromatic heterocycles. The number of hydrogen-bond donors (Lipinski definition) is 1. The van der Waals surface area contributed by atoms with Crippen LogP contribution in [-0.2, 0) is 4.79 Å². The molecule has 0 saturated carbocycles. The van der Waals surface area contributed by atoms with E-state index in [0.29, 0.717) is 6.42 Å². The second-order valence-electron chi connectivity index (χ2n) is 3.79. The SMILES string of the molecule is CC[N+](CC)(CC)CCCC(=O)NC. The predicted molar refractivity (Wildman–Crippen MR) is 60.1 cm³/mol. The van der Waals surface area contributed by atoms with Crippen LogP contribution in [0.1, 0.15) is 33.6 Å². The molecular formula is C11H25N2O+. The number of quaternary nitrogens is 1. The molecule has 0 heterocycles. The molecule has 0 saturated heterocycles. The predicted octanol–water partition coefficient (Wildman–Crippen LogP) is 1.39. The maximum absolute atomic E-state index is 11.0. The minimum Gasteiger partial charge on any atom is -0.359 e. The van der Waals surface area contributed by atoms with Crippen molar-refractivity contribution in [3.8, 4) is 0 Å². The number of amides is 1. The summed E-state index contributed by atoms with van der Waals surface area (Å²) in [6.45, 7) is 11.3. The van der Waals surface area contributed by atoms with Gasteiger partial charge < -0.3 is 9.80 Å². The summed E-state index contributed by atoms with van der Waals surface area (Å²) in [5, 5.41) is 2.66. The molecule has 14 heavy (non-hydrogen) atoms. The largest absolute Gasteiger partial charge is 0.359 e. The quantitative estimate of drug-likeness (QED) is 0.620. The molecule has 0 aromatic rings. The molecule has 0 radical (unpaired) electrons. The number of hydrogen-bond acceptors (Lipinski definition) is 1. The molecule has 0 unspecified atom stereocenters. The fraction of sp³-hybridized carbons (Fsp3) is 0.909. The van der Waals surface area contributed by atoms with E-state index in [-0.39, 0.29) is 5.91 Å². The average Bonchev–Trinajstić information content (AvgIpc) is 2.25. The van der Waals surface area contributed by atoms with E-state index in [4.69, 9.17) is 0 Å². The van der Waals surface area contributed by atoms with Crippen LogP contribution >= 0.6 is 0 Å². The number of nitrogens with zero attached hydrogens (tertiary/aromatic N) is 1. The third kappa shape index (κ3) is 4.09. The molecule has 3 heteroatoms. The summed E-state index contributed by atoms with van der Waals surface area (Å²) in [6.07, 6.45) is 1.66. The van der Waals surface area contributed by atoms with Gasteiger partial charge in [-0.05, 0) is 20.8 Å². The van der Waals surface area contributed by atoms with Gasteiger partial charge in [0.05, 0.1) is 26.2 Å². The fourth-order valence-electron chi connectivity index (χ4n) is 1.85. The van der Waals surface area contributed by atoms with Crippen LogP contribution in [-0.4, -0.2) is 43.6 Å². The molecule has 3 nitrogen and oxygen atoms in total. The van der Waals surface area contributed by atoms with Crippen molar-refractivity contribution < 1.29 is 9.28 Å². The Hall–Kier alpha value is -0.570. The van der Waals surface area contributed by atoms with Gasteiger partial charge in [0.2, 0.25) is 5.91 Å². The third-order valence-corrected chi connectivity index (χ3v) is 3.33. The molecule has 0 spiro atoms. The van der Waals surface area contributed by atoms with E-state index in [1.807, 2.05) is 0 Å². The molecular weight excluding hydrogens is 176 g/mol. The van der Waals surface area contributed by atoms with Crippen molar-refractivity contribution in [2.75, 3.05) is 33.2 Å². The second-order valence-corrected chi connectivity index (χ2v) is 3.79. The summed E-state index contributed by atoms with van der Waals surface area (Å²) < 4.78 is 1.14. The van der Waals surface area contributed by atoms with E-state index >= 15 is 0 Å². The van der Waals surface area contributed by atoms with Gasteiger partial charge in [-0.3, -0.25) is 4.79 Å². The van der Waals surface area contributed by atoms with Crippen LogP contribution in [0.25, 0.3) is 0 Å². The highest BCUT2D eigenvalue weighted by atomic mass is 16.1. The van der Waals surface area contributed by atoms with Crippen LogP contribution < -0.4 is 5.32 Å². The number of carbonyl (C=O) groups is 1. The zero-order valence-electron chi connectivity index (χ0n) is 10.1. The lowest BCUT2D eigenvalue weighted by atomic mass is 10.2. The standard InChI is InChI=1S/C11H24N2O/c1-5-13(6-2,7-3)10-8-9-11(14)12-4/h5-10H2,1-4H3/p+1. The average molecular weight is 201 g/mol. The lowest BCUT2D eigenvalue weighted by Gasteiger charge is -2.35. The van der Waals surface area contributed by atoms with Crippen molar-refractivity contribution in [2.45, 2.75) is 33.6 Å². The summed E-state index contributed by atoms with van der Waals surface area (Å²) in [5.74, 6) is 0.159. The maximum Gasteiger partial charge on any atom is 0.219 e. The molecule has 1 N–H and O–H groups in total. The fourth-order valence-corrected chi connectivity index (χ4v) is 1.85. The minimum absolute atomic E-state index is 0.159. The highest BCUT2D eigenvalue weighted by Crippen LogP contribution is 2.08. The Balaban J connectivity index is 3.88. The van der Waals surface area contributed by atoms with E-state index in [1.54, 1.807) is 7.05 Å². The van der Waals surface area contributed by atoms with Gasteiger partial charge in [-0.15, -0.1) is 0 Å². The van der Waals surface area contributed by atoms with Crippen LogP contribution in [0.2, 0.25) is 0 Å². The number of rotatable bonds is 7. The van der Waals surface area contributed by atoms with Gasteiger partial charge in [0.25, 0.3) is 0 Å². The van der Waals surface area contributed by atoms with Crippen LogP contribution in [0, 0.1) is 0 Å². The van der Waals surface area contributed by atoms with E-state index < -0.39 is 0 Å². The van der Waals surface area contributed by atoms with Gasteiger partial charge in [-0.25, -0.2) is 0 Å². The normalized spacial score (nSPS) is 11.4. The molecule has 0 aliphatic heterocycles. The maximum atomic E-state index is 11.0. The molecule has 0 atom stereocenters. The van der Waals surface area contributed by atoms with Crippen molar-refractivity contribution >= 4 is 5.91 Å². The summed E-state index contributed by atoms with van der Waals surface area (Å²) in [6, 6.07) is 0. The monoisotopic (exact) mass is 201 g/mol. The van der Waals surface area contributed by atoms with Gasteiger partial charge in [0.1, 0.15) is 0 Å². The van der Waals surface area contributed by atoms with Crippen molar-refractivity contribution in [2.24, 2.45) is 0 Å². The Kier molecular flexibility index (Phi) is 6.54. The van der Waals surface area contributed by atoms with Crippen molar-refractivity contribution in [3.05, 3.63) is 0 Å². The molecule has 84 valence electrons. The third-order valence-electron chi connectivity index (χ3n) is 3.33. The summed E-state index contributed by atoms with van der Waals surface area (Å²) in [7, 11) is 1.70. The first-order chi connectivity index (χ1) is 6.64. The van der Waals surface area contributed by atoms with E-state index in [1.165, 1.54) is 19.6 Å². The van der Waals surface area contributed by atoms with Gasteiger partial charge >= 0.3 is 0 Å². The molecule has 0 aliphatic carbocycles. The number of carbonyl (C=O) groups excluding carboxylic acids is 1. The van der Waals surface area contributed by atoms with Crippen LogP contribution in [0.4, 0.5) is 0 Å². The summed E-state index contributed by atoms with van der Waals surface area (Å²) in [5.41, 5.74) is 0. The summed E-state index contributed by atoms with van der Waals surface area (Å²) >= 11 is 0. The van der Waals surface area contributed by atoms with Crippen molar-refractivity contribution in [3.63, 3.8) is 0 Å². The van der Waals surface area contributed by atoms with Gasteiger partial charge in [-0.2, -0.15) is 0 Å². The number of nitrogens with one attached hydrogen (secondary N) is 1. The Bertz CT molecular complexity index is 156. The van der Waals surface area contributed by atoms with Crippen molar-refractivity contribution in [1.29, 1.82) is 0 Å². The van der Waals surface area contributed by atoms with Gasteiger partial charge in [0.15, 0.2) is 0 Å². The Labute approximate surface area is 88.1 Å². The highest BCUT2D eigenvalue weighted by molar-refractivity contribution is 5.75. The molecule has 0 bridgehead atoms. The van der Waals surface area contributed by atoms with Crippen LogP contribution in [0.15, 0.2) is 0 Å². The lowest BCUT2D eigenvalue weighted by Crippen LogP contribution is -2.48. The Morgan fingerprint density at radius 2 is 1.64 bits per heavy atom. The first-order valence-electron chi connectivity index (χ1n) is 5.69. The van der Waals surface area contributed by atoms with Gasteiger partial charge in [0, 0.05) is 19.9 Å². The molecule has 0 aromatic carbocycles. The molecule has 0 aliphatic rings. The first-order valence-corrected chi connectivity index (χ1v) is 5.69. The zero-order valence-corrected chi connectivity index (χ0v) is 10.1. The van der Waals surface area contributed by atoms with Crippen LogP contribution in [0.5, 0.6) is 0 Å². The first kappa shape index (κ1) is 13.4. The Morgan fingerprint density at radius 1 is 1.14 bits per heavy atom. The molecule has 0 rings (SSSR count). The topological polar surface area (TPSA) is 29.1 Å². The zero-order chi connectivity index (χ0) is 11.0. The van der Waals surface area contributed by atoms with E-state index in [9.17, 15) is 4.79 Å². The molecule has 1 amide bonds. The van der Waals surface area contributed by atoms with Gasteiger partial charge in [-0.1, -0.05) is 0 Å². The van der Waals surface area contributed by atoms with Crippen LogP contribution in [0.3, 0.4) is 0 Å². The van der Waals surface area contributed by atoms with E-state index in [2.05, 4.69) is 26.1 Å². The summed E-state index contributed by atoms with van der Waals surface area (Å²) in [4.78, 5) is 11.0. The molecule has 0 fully saturated rings. The van der Waals surface area contributed by atoms with Crippen molar-refractivity contribution in [1.82, 2.24) is 5.32 Å². The second kappa shape index (κ2) is 6.82. The highest BCUT2D eigenvalue weighted by Gasteiger charge is 2.19. The Morgan fingerprint density at radius 3 is 2.00 bits per heavy atom. The minimum atomic E-state index is 0.159. The smallest absolute Gasteiger partial charge is 0.219 e.